The molecule has 0 spiro atoms. The summed E-state index contributed by atoms with van der Waals surface area (Å²) in [5.74, 6) is 1.64. The van der Waals surface area contributed by atoms with Crippen molar-refractivity contribution in [3.8, 4) is 11.1 Å². The molecule has 0 atom stereocenters. The number of aryl methyl sites for hydroxylation is 2. The average molecular weight is 492 g/mol. The van der Waals surface area contributed by atoms with Gasteiger partial charge in [0.25, 0.3) is 0 Å². The standard InChI is InChI=1S/C15H13.C8H18Si.C5H5.Zr/c1-10-3-5-14-12(7-10)9-13-8-11(2)4-6-15(13)14;1-7(2)5-9-6-8(3)4;1-2-4-5-3-1;/h3-7H,9H2,1-2H3;7-8H,5-6H2,1-4H3;1-3H,4H2;. The average Bonchev–Trinajstić information content (AvgIpc) is 3.30. The van der Waals surface area contributed by atoms with E-state index in [1.165, 1.54) is 29.6 Å². The molecule has 2 aromatic carbocycles. The predicted molar refractivity (Wildman–Crippen MR) is 131 cm³/mol. The third-order valence-corrected chi connectivity index (χ3v) is 26.8. The number of rotatable bonds is 6. The van der Waals surface area contributed by atoms with E-state index < -0.39 is 20.4 Å². The monoisotopic (exact) mass is 490 g/mol. The fourth-order valence-corrected chi connectivity index (χ4v) is 31.5. The van der Waals surface area contributed by atoms with Crippen molar-refractivity contribution in [3.63, 3.8) is 0 Å². The van der Waals surface area contributed by atoms with Gasteiger partial charge in [-0.25, -0.2) is 0 Å². The Morgan fingerprint density at radius 1 is 0.933 bits per heavy atom. The summed E-state index contributed by atoms with van der Waals surface area (Å²) in [4.78, 5) is 0. The number of benzene rings is 2. The van der Waals surface area contributed by atoms with Crippen molar-refractivity contribution in [1.82, 2.24) is 0 Å². The molecule has 0 N–H and O–H groups in total. The second-order valence-electron chi connectivity index (χ2n) is 10.1. The Kier molecular flexibility index (Phi) is 6.85. The molecule has 0 saturated carbocycles. The zero-order valence-electron chi connectivity index (χ0n) is 19.6. The summed E-state index contributed by atoms with van der Waals surface area (Å²) in [6.45, 7) is 14.5. The van der Waals surface area contributed by atoms with E-state index in [9.17, 15) is 0 Å². The molecule has 156 valence electrons. The van der Waals surface area contributed by atoms with Crippen LogP contribution in [0.1, 0.15) is 56.4 Å². The maximum absolute atomic E-state index is 2.53. The zero-order valence-corrected chi connectivity index (χ0v) is 23.1. The van der Waals surface area contributed by atoms with Gasteiger partial charge in [-0.3, -0.25) is 0 Å². The molecule has 2 heteroatoms. The molecular weight excluding hydrogens is 456 g/mol. The Balaban J connectivity index is 1.96. The van der Waals surface area contributed by atoms with Crippen molar-refractivity contribution in [2.75, 3.05) is 0 Å². The molecule has 0 amide bonds. The van der Waals surface area contributed by atoms with Crippen LogP contribution in [0.15, 0.2) is 51.8 Å². The predicted octanol–water partition coefficient (Wildman–Crippen LogP) is 7.27. The van der Waals surface area contributed by atoms with Gasteiger partial charge in [-0.15, -0.1) is 0 Å². The van der Waals surface area contributed by atoms with Gasteiger partial charge in [0.15, 0.2) is 0 Å². The van der Waals surface area contributed by atoms with Crippen molar-refractivity contribution < 1.29 is 20.4 Å². The maximum atomic E-state index is 2.53. The first kappa shape index (κ1) is 22.2. The Morgan fingerprint density at radius 3 is 2.27 bits per heavy atom. The fraction of sp³-hybridized carbons (Fsp3) is 0.429. The van der Waals surface area contributed by atoms with Crippen molar-refractivity contribution in [2.45, 2.75) is 66.5 Å². The van der Waals surface area contributed by atoms with Crippen molar-refractivity contribution in [3.05, 3.63) is 74.1 Å². The Labute approximate surface area is 191 Å². The van der Waals surface area contributed by atoms with Gasteiger partial charge < -0.3 is 0 Å². The summed E-state index contributed by atoms with van der Waals surface area (Å²) in [5, 5.41) is 0. The van der Waals surface area contributed by atoms with Gasteiger partial charge in [-0.05, 0) is 0 Å². The molecule has 0 unspecified atom stereocenters. The van der Waals surface area contributed by atoms with E-state index in [2.05, 4.69) is 90.1 Å². The first-order chi connectivity index (χ1) is 14.3. The van der Waals surface area contributed by atoms with Crippen molar-refractivity contribution in [1.29, 1.82) is 0 Å². The van der Waals surface area contributed by atoms with Crippen LogP contribution in [0.5, 0.6) is 0 Å². The zero-order chi connectivity index (χ0) is 21.4. The first-order valence-electron chi connectivity index (χ1n) is 11.7. The third-order valence-electron chi connectivity index (χ3n) is 6.44. The molecule has 0 radical (unpaired) electrons. The molecule has 2 aliphatic rings. The molecule has 0 bridgehead atoms. The van der Waals surface area contributed by atoms with E-state index >= 15 is 0 Å². The van der Waals surface area contributed by atoms with Gasteiger partial charge in [0.1, 0.15) is 0 Å². The van der Waals surface area contributed by atoms with E-state index in [4.69, 9.17) is 0 Å². The van der Waals surface area contributed by atoms with Gasteiger partial charge in [0, 0.05) is 0 Å². The van der Waals surface area contributed by atoms with Crippen LogP contribution in [-0.4, -0.2) is 5.43 Å². The molecular formula is C28H36SiZr. The third kappa shape index (κ3) is 4.46. The van der Waals surface area contributed by atoms with Gasteiger partial charge in [-0.2, -0.15) is 0 Å². The van der Waals surface area contributed by atoms with E-state index in [1.54, 1.807) is 22.3 Å². The molecule has 2 aliphatic carbocycles. The van der Waals surface area contributed by atoms with Gasteiger partial charge in [0.2, 0.25) is 0 Å². The number of fused-ring (bicyclic) bond motifs is 3. The quantitative estimate of drug-likeness (QED) is 0.318. The number of hydrogen-bond donors (Lipinski definition) is 0. The second-order valence-corrected chi connectivity index (χ2v) is 25.0. The minimum atomic E-state index is -1.96. The SMILES string of the molecule is Cc1ccc2c(c1)Cc1c-2ccc(C)[c]1[Zr]([C]1=CC=CC1)=[Si](CC(C)C)CC(C)C. The van der Waals surface area contributed by atoms with Crippen LogP contribution < -0.4 is 3.27 Å². The molecule has 0 nitrogen and oxygen atoms in total. The Bertz CT molecular complexity index is 1050. The van der Waals surface area contributed by atoms with Crippen LogP contribution in [0, 0.1) is 25.7 Å². The number of allylic oxidation sites excluding steroid dienone is 4. The van der Waals surface area contributed by atoms with Crippen LogP contribution in [0.2, 0.25) is 12.1 Å². The summed E-state index contributed by atoms with van der Waals surface area (Å²) in [7, 11) is 0. The van der Waals surface area contributed by atoms with Crippen molar-refractivity contribution >= 4 is 8.70 Å². The number of hydrogen-bond acceptors (Lipinski definition) is 0. The molecule has 4 rings (SSSR count). The minimum absolute atomic E-state index is 0.366. The van der Waals surface area contributed by atoms with Crippen LogP contribution in [0.4, 0.5) is 0 Å². The second kappa shape index (κ2) is 9.25. The molecule has 0 aromatic heterocycles. The van der Waals surface area contributed by atoms with Crippen LogP contribution in [-0.2, 0) is 26.8 Å². The van der Waals surface area contributed by atoms with E-state index in [0.29, 0.717) is 0 Å². The molecule has 30 heavy (non-hydrogen) atoms. The summed E-state index contributed by atoms with van der Waals surface area (Å²) in [6.07, 6.45) is 9.68. The topological polar surface area (TPSA) is 0 Å². The molecule has 0 heterocycles. The van der Waals surface area contributed by atoms with Crippen LogP contribution in [0.3, 0.4) is 0 Å². The van der Waals surface area contributed by atoms with Gasteiger partial charge in [-0.1, -0.05) is 0 Å². The molecule has 0 fully saturated rings. The normalized spacial score (nSPS) is 14.3. The van der Waals surface area contributed by atoms with E-state index in [-0.39, 0.29) is 5.43 Å². The molecule has 0 saturated heterocycles. The summed E-state index contributed by atoms with van der Waals surface area (Å²) in [5.41, 5.74) is 8.94. The van der Waals surface area contributed by atoms with Gasteiger partial charge >= 0.3 is 193 Å². The van der Waals surface area contributed by atoms with Crippen molar-refractivity contribution in [2.24, 2.45) is 11.8 Å². The summed E-state index contributed by atoms with van der Waals surface area (Å²) in [6, 6.07) is 15.0. The summed E-state index contributed by atoms with van der Waals surface area (Å²) >= 11 is -1.96. The fourth-order valence-electron chi connectivity index (χ4n) is 5.34. The van der Waals surface area contributed by atoms with E-state index in [1.807, 2.05) is 6.55 Å². The first-order valence-corrected chi connectivity index (χ1v) is 19.7. The summed E-state index contributed by atoms with van der Waals surface area (Å²) < 4.78 is 3.75. The Hall–Kier alpha value is -0.980. The van der Waals surface area contributed by atoms with Crippen LogP contribution >= 0.6 is 0 Å². The van der Waals surface area contributed by atoms with Gasteiger partial charge in [0.05, 0.1) is 0 Å². The van der Waals surface area contributed by atoms with E-state index in [0.717, 1.165) is 18.3 Å². The molecule has 0 aliphatic heterocycles. The Morgan fingerprint density at radius 2 is 1.63 bits per heavy atom. The van der Waals surface area contributed by atoms with Crippen LogP contribution in [0.25, 0.3) is 11.1 Å². The molecule has 2 aromatic rings.